The van der Waals surface area contributed by atoms with Crippen molar-refractivity contribution in [2.45, 2.75) is 140 Å². The molecule has 0 saturated carbocycles. The summed E-state index contributed by atoms with van der Waals surface area (Å²) in [5, 5.41) is 63.9. The standard InChI is InChI=1S/C31H50N2O11/c1-3-5-7-11-15-41-27-23(34)21(43-29(38)25(27)36)17-32-19-13-9-10-14-20(19)33(31(32)40)18-22-24(35)28(26(37)30(39)44-22)42-16-12-8-6-4-2/h9-10,13-14,21-30,34-39H,3-8,11-12,15-18H2,1-2H3/t21-,22-,23-,24-,25-,26-,27+,28+,29?,30?/m1/s1. The van der Waals surface area contributed by atoms with E-state index in [0.717, 1.165) is 51.4 Å². The number of ether oxygens (including phenoxy) is 4. The molecule has 2 aliphatic rings. The van der Waals surface area contributed by atoms with Gasteiger partial charge >= 0.3 is 5.69 Å². The highest BCUT2D eigenvalue weighted by molar-refractivity contribution is 5.76. The Morgan fingerprint density at radius 3 is 1.43 bits per heavy atom. The van der Waals surface area contributed by atoms with Gasteiger partial charge < -0.3 is 49.6 Å². The van der Waals surface area contributed by atoms with Gasteiger partial charge in [0.1, 0.15) is 48.8 Å². The van der Waals surface area contributed by atoms with E-state index in [1.807, 2.05) is 0 Å². The Kier molecular flexibility index (Phi) is 13.2. The SMILES string of the molecule is CCCCCCO[C@H]1[C@H](O)[C@@H](Cn2c(=O)n(C[C@H]3OC(O)[C@H](O)[C@@H](OCCCCCC)[C@@H]3O)c3ccccc32)OC(O)[C@@H]1O. The average Bonchev–Trinajstić information content (AvgIpc) is 3.27. The summed E-state index contributed by atoms with van der Waals surface area (Å²) < 4.78 is 25.4. The van der Waals surface area contributed by atoms with E-state index in [2.05, 4.69) is 13.8 Å². The minimum atomic E-state index is -1.62. The lowest BCUT2D eigenvalue weighted by Gasteiger charge is -2.40. The van der Waals surface area contributed by atoms with Gasteiger partial charge in [0.05, 0.1) is 24.1 Å². The van der Waals surface area contributed by atoms with Gasteiger partial charge in [-0.15, -0.1) is 0 Å². The summed E-state index contributed by atoms with van der Waals surface area (Å²) >= 11 is 0. The number of hydrogen-bond acceptors (Lipinski definition) is 11. The number of rotatable bonds is 16. The molecule has 3 heterocycles. The van der Waals surface area contributed by atoms with Crippen molar-refractivity contribution in [3.63, 3.8) is 0 Å². The van der Waals surface area contributed by atoms with Crippen molar-refractivity contribution in [3.05, 3.63) is 34.7 Å². The van der Waals surface area contributed by atoms with E-state index in [1.165, 1.54) is 9.13 Å². The number of hydrogen-bond donors (Lipinski definition) is 6. The maximum atomic E-state index is 13.8. The first-order valence-electron chi connectivity index (χ1n) is 16.0. The molecule has 2 saturated heterocycles. The molecule has 2 aliphatic heterocycles. The fourth-order valence-electron chi connectivity index (χ4n) is 6.01. The zero-order chi connectivity index (χ0) is 31.8. The Morgan fingerprint density at radius 2 is 1.05 bits per heavy atom. The van der Waals surface area contributed by atoms with Crippen LogP contribution in [0.3, 0.4) is 0 Å². The molecule has 0 radical (unpaired) electrons. The van der Waals surface area contributed by atoms with Crippen LogP contribution in [-0.2, 0) is 32.0 Å². The van der Waals surface area contributed by atoms with Crippen molar-refractivity contribution in [2.75, 3.05) is 13.2 Å². The van der Waals surface area contributed by atoms with Gasteiger partial charge in [0.25, 0.3) is 0 Å². The van der Waals surface area contributed by atoms with Crippen molar-refractivity contribution in [3.8, 4) is 0 Å². The van der Waals surface area contributed by atoms with Crippen LogP contribution in [0.5, 0.6) is 0 Å². The molecule has 2 fully saturated rings. The van der Waals surface area contributed by atoms with Gasteiger partial charge in [-0.1, -0.05) is 64.5 Å². The van der Waals surface area contributed by atoms with Gasteiger partial charge in [-0.05, 0) is 25.0 Å². The van der Waals surface area contributed by atoms with Crippen molar-refractivity contribution >= 4 is 11.0 Å². The zero-order valence-electron chi connectivity index (χ0n) is 25.7. The summed E-state index contributed by atoms with van der Waals surface area (Å²) in [6.45, 7) is 4.45. The molecule has 0 aliphatic carbocycles. The summed E-state index contributed by atoms with van der Waals surface area (Å²) in [5.74, 6) is 0. The third kappa shape index (κ3) is 8.08. The molecule has 0 spiro atoms. The number of fused-ring (bicyclic) bond motifs is 1. The number of nitrogens with zero attached hydrogens (tertiary/aromatic N) is 2. The van der Waals surface area contributed by atoms with E-state index < -0.39 is 67.1 Å². The summed E-state index contributed by atoms with van der Waals surface area (Å²) in [4.78, 5) is 13.8. The van der Waals surface area contributed by atoms with Crippen LogP contribution in [0.2, 0.25) is 0 Å². The van der Waals surface area contributed by atoms with Crippen LogP contribution in [0.4, 0.5) is 0 Å². The first-order valence-corrected chi connectivity index (χ1v) is 16.0. The maximum Gasteiger partial charge on any atom is 0.329 e. The number of aliphatic hydroxyl groups excluding tert-OH is 6. The predicted molar refractivity (Wildman–Crippen MR) is 160 cm³/mol. The lowest BCUT2D eigenvalue weighted by molar-refractivity contribution is -0.292. The van der Waals surface area contributed by atoms with Crippen molar-refractivity contribution in [1.82, 2.24) is 9.13 Å². The van der Waals surface area contributed by atoms with E-state index in [0.29, 0.717) is 24.2 Å². The molecule has 1 aromatic carbocycles. The monoisotopic (exact) mass is 626 g/mol. The molecule has 13 heteroatoms. The molecular weight excluding hydrogens is 576 g/mol. The van der Waals surface area contributed by atoms with E-state index >= 15 is 0 Å². The Bertz CT molecular complexity index is 1120. The van der Waals surface area contributed by atoms with Gasteiger partial charge in [-0.2, -0.15) is 0 Å². The van der Waals surface area contributed by atoms with Gasteiger partial charge in [0, 0.05) is 13.2 Å². The zero-order valence-corrected chi connectivity index (χ0v) is 25.7. The molecule has 4 rings (SSSR count). The summed E-state index contributed by atoms with van der Waals surface area (Å²) in [6.07, 6.45) is -5.65. The molecule has 6 N–H and O–H groups in total. The third-order valence-corrected chi connectivity index (χ3v) is 8.59. The molecule has 250 valence electrons. The lowest BCUT2D eigenvalue weighted by Crippen LogP contribution is -2.60. The normalized spacial score (nSPS) is 32.8. The quantitative estimate of drug-likeness (QED) is 0.144. The number of para-hydroxylation sites is 2. The predicted octanol–water partition coefficient (Wildman–Crippen LogP) is 0.612. The molecule has 2 aromatic rings. The third-order valence-electron chi connectivity index (χ3n) is 8.59. The summed E-state index contributed by atoms with van der Waals surface area (Å²) in [5.41, 5.74) is 0.495. The van der Waals surface area contributed by atoms with E-state index in [-0.39, 0.29) is 13.1 Å². The second-order valence-electron chi connectivity index (χ2n) is 11.9. The summed E-state index contributed by atoms with van der Waals surface area (Å²) in [7, 11) is 0. The van der Waals surface area contributed by atoms with Gasteiger partial charge in [-0.25, -0.2) is 4.79 Å². The number of imidazole rings is 1. The Hall–Kier alpha value is -1.91. The van der Waals surface area contributed by atoms with E-state index in [9.17, 15) is 35.4 Å². The topological polar surface area (TPSA) is 185 Å². The molecule has 44 heavy (non-hydrogen) atoms. The Labute approximate surface area is 257 Å². The maximum absolute atomic E-state index is 13.8. The van der Waals surface area contributed by atoms with Crippen LogP contribution in [0.25, 0.3) is 11.0 Å². The minimum Gasteiger partial charge on any atom is -0.388 e. The van der Waals surface area contributed by atoms with Gasteiger partial charge in [0.15, 0.2) is 12.6 Å². The Morgan fingerprint density at radius 1 is 0.636 bits per heavy atom. The highest BCUT2D eigenvalue weighted by atomic mass is 16.7. The highest BCUT2D eigenvalue weighted by Crippen LogP contribution is 2.27. The van der Waals surface area contributed by atoms with Crippen LogP contribution in [0.1, 0.15) is 65.2 Å². The van der Waals surface area contributed by atoms with Crippen molar-refractivity contribution in [1.29, 1.82) is 0 Å². The second-order valence-corrected chi connectivity index (χ2v) is 11.9. The van der Waals surface area contributed by atoms with Gasteiger partial charge in [-0.3, -0.25) is 9.13 Å². The fraction of sp³-hybridized carbons (Fsp3) is 0.774. The first-order chi connectivity index (χ1) is 21.2. The molecule has 0 amide bonds. The van der Waals surface area contributed by atoms with Gasteiger partial charge in [0.2, 0.25) is 0 Å². The smallest absolute Gasteiger partial charge is 0.329 e. The minimum absolute atomic E-state index is 0.161. The number of benzene rings is 1. The number of unbranched alkanes of at least 4 members (excludes halogenated alkanes) is 6. The first kappa shape index (κ1) is 35.0. The molecular formula is C31H50N2O11. The van der Waals surface area contributed by atoms with Crippen LogP contribution >= 0.6 is 0 Å². The second kappa shape index (κ2) is 16.6. The molecule has 0 bridgehead atoms. The van der Waals surface area contributed by atoms with Crippen molar-refractivity contribution in [2.24, 2.45) is 0 Å². The van der Waals surface area contributed by atoms with Crippen molar-refractivity contribution < 1.29 is 49.6 Å². The Balaban J connectivity index is 1.51. The fourth-order valence-corrected chi connectivity index (χ4v) is 6.01. The van der Waals surface area contributed by atoms with Crippen LogP contribution in [-0.4, -0.2) is 114 Å². The van der Waals surface area contributed by atoms with E-state index in [4.69, 9.17) is 18.9 Å². The molecule has 13 nitrogen and oxygen atoms in total. The molecule has 10 atom stereocenters. The summed E-state index contributed by atoms with van der Waals surface area (Å²) in [6, 6.07) is 6.93. The van der Waals surface area contributed by atoms with Crippen LogP contribution in [0.15, 0.2) is 29.1 Å². The average molecular weight is 627 g/mol. The van der Waals surface area contributed by atoms with Crippen LogP contribution < -0.4 is 5.69 Å². The largest absolute Gasteiger partial charge is 0.388 e. The lowest BCUT2D eigenvalue weighted by atomic mass is 9.98. The number of aliphatic hydroxyl groups is 6. The number of aromatic nitrogens is 2. The van der Waals surface area contributed by atoms with Crippen LogP contribution in [0, 0.1) is 0 Å². The molecule has 1 aromatic heterocycles. The van der Waals surface area contributed by atoms with E-state index in [1.54, 1.807) is 24.3 Å². The highest BCUT2D eigenvalue weighted by Gasteiger charge is 2.46. The molecule has 2 unspecified atom stereocenters.